The first-order chi connectivity index (χ1) is 5.33. The van der Waals surface area contributed by atoms with Crippen molar-refractivity contribution in [1.29, 1.82) is 0 Å². The summed E-state index contributed by atoms with van der Waals surface area (Å²) in [4.78, 5) is 0. The molecule has 0 unspecified atom stereocenters. The van der Waals surface area contributed by atoms with Gasteiger partial charge in [0.25, 0.3) is 0 Å². The van der Waals surface area contributed by atoms with Crippen LogP contribution < -0.4 is 0 Å². The van der Waals surface area contributed by atoms with E-state index in [1.807, 2.05) is 6.07 Å². The zero-order chi connectivity index (χ0) is 8.69. The fraction of sp³-hybridized carbons (Fsp3) is 0.200. The summed E-state index contributed by atoms with van der Waals surface area (Å²) in [6.07, 6.45) is 9.11. The average molecular weight is 211 g/mol. The summed E-state index contributed by atoms with van der Waals surface area (Å²) in [5.41, 5.74) is 1.38. The van der Waals surface area contributed by atoms with Gasteiger partial charge in [0, 0.05) is 4.47 Å². The molecule has 0 aliphatic heterocycles. The van der Waals surface area contributed by atoms with Crippen LogP contribution in [0.5, 0.6) is 0 Å². The smallest absolute Gasteiger partial charge is 0.0177 e. The molecule has 0 amide bonds. The van der Waals surface area contributed by atoms with E-state index in [-0.39, 0.29) is 0 Å². The van der Waals surface area contributed by atoms with E-state index in [1.165, 1.54) is 10.0 Å². The van der Waals surface area contributed by atoms with E-state index >= 15 is 0 Å². The lowest BCUT2D eigenvalue weighted by Crippen LogP contribution is -1.76. The molecule has 58 valence electrons. The van der Waals surface area contributed by atoms with E-state index in [0.717, 1.165) is 6.42 Å². The van der Waals surface area contributed by atoms with Crippen LogP contribution in [0.15, 0.2) is 28.7 Å². The Kier molecular flexibility index (Phi) is 5.60. The molecular weight excluding hydrogens is 200 g/mol. The molecule has 0 fully saturated rings. The van der Waals surface area contributed by atoms with E-state index in [2.05, 4.69) is 53.9 Å². The summed E-state index contributed by atoms with van der Waals surface area (Å²) in [6.45, 7) is 2.15. The van der Waals surface area contributed by atoms with Gasteiger partial charge in [0.2, 0.25) is 0 Å². The third-order valence-electron chi connectivity index (χ3n) is 1.30. The second-order valence-electron chi connectivity index (χ2n) is 1.98. The Balaban J connectivity index is 0.000000461. The van der Waals surface area contributed by atoms with Crippen molar-refractivity contribution in [2.24, 2.45) is 0 Å². The molecule has 0 heterocycles. The Hall–Kier alpha value is -0.740. The zero-order valence-corrected chi connectivity index (χ0v) is 8.14. The lowest BCUT2D eigenvalue weighted by molar-refractivity contribution is 1.14. The molecule has 0 atom stereocenters. The molecule has 0 radical (unpaired) electrons. The van der Waals surface area contributed by atoms with Gasteiger partial charge >= 0.3 is 0 Å². The molecule has 11 heavy (non-hydrogen) atoms. The Labute approximate surface area is 76.8 Å². The highest BCUT2D eigenvalue weighted by Gasteiger charge is 1.87. The van der Waals surface area contributed by atoms with Crippen LogP contribution in [0, 0.1) is 12.8 Å². The van der Waals surface area contributed by atoms with Crippen LogP contribution in [-0.4, -0.2) is 0 Å². The maximum atomic E-state index is 4.00. The minimum absolute atomic E-state index is 1.11. The molecule has 1 rings (SSSR count). The largest absolute Gasteiger partial charge is 0.124 e. The summed E-state index contributed by atoms with van der Waals surface area (Å²) in [7, 11) is 0. The molecule has 0 spiro atoms. The number of rotatable bonds is 1. The average Bonchev–Trinajstić information content (AvgIpc) is 2.08. The van der Waals surface area contributed by atoms with E-state index in [0.29, 0.717) is 0 Å². The molecule has 1 aromatic rings. The normalized spacial score (nSPS) is 8.00. The van der Waals surface area contributed by atoms with Crippen molar-refractivity contribution in [2.45, 2.75) is 13.3 Å². The molecule has 0 aromatic heterocycles. The quantitative estimate of drug-likeness (QED) is 0.625. The third kappa shape index (κ3) is 3.85. The Morgan fingerprint density at radius 3 is 2.36 bits per heavy atom. The van der Waals surface area contributed by atoms with Gasteiger partial charge in [-0.2, -0.15) is 0 Å². The Morgan fingerprint density at radius 2 is 2.00 bits per heavy atom. The van der Waals surface area contributed by atoms with Crippen LogP contribution in [0.25, 0.3) is 0 Å². The summed E-state index contributed by atoms with van der Waals surface area (Å²) in [5.74, 6) is 0. The van der Waals surface area contributed by atoms with Crippen molar-refractivity contribution in [2.75, 3.05) is 0 Å². The summed E-state index contributed by atoms with van der Waals surface area (Å²) in [5, 5.41) is 0. The second-order valence-corrected chi connectivity index (χ2v) is 2.90. The van der Waals surface area contributed by atoms with E-state index in [1.54, 1.807) is 0 Å². The van der Waals surface area contributed by atoms with Crippen molar-refractivity contribution in [1.82, 2.24) is 0 Å². The van der Waals surface area contributed by atoms with Crippen LogP contribution in [0.2, 0.25) is 0 Å². The van der Waals surface area contributed by atoms with E-state index < -0.39 is 0 Å². The predicted octanol–water partition coefficient (Wildman–Crippen LogP) is 3.26. The van der Waals surface area contributed by atoms with Gasteiger partial charge in [-0.25, -0.2) is 0 Å². The summed E-state index contributed by atoms with van der Waals surface area (Å²) in [6, 6.07) is 8.37. The van der Waals surface area contributed by atoms with Gasteiger partial charge in [0.15, 0.2) is 0 Å². The van der Waals surface area contributed by atoms with Gasteiger partial charge in [0.05, 0.1) is 0 Å². The predicted molar refractivity (Wildman–Crippen MR) is 53.4 cm³/mol. The fourth-order valence-electron chi connectivity index (χ4n) is 0.757. The molecular formula is C10H11Br. The Bertz CT molecular complexity index is 225. The van der Waals surface area contributed by atoms with Crippen molar-refractivity contribution in [3.63, 3.8) is 0 Å². The van der Waals surface area contributed by atoms with E-state index in [9.17, 15) is 0 Å². The van der Waals surface area contributed by atoms with Gasteiger partial charge in [-0.05, 0) is 24.1 Å². The maximum absolute atomic E-state index is 4.00. The highest BCUT2D eigenvalue weighted by molar-refractivity contribution is 9.10. The SMILES string of the molecule is C#C.CCc1cccc(Br)c1. The lowest BCUT2D eigenvalue weighted by Gasteiger charge is -1.94. The van der Waals surface area contributed by atoms with Gasteiger partial charge in [-0.1, -0.05) is 35.0 Å². The number of terminal acetylenes is 1. The van der Waals surface area contributed by atoms with Crippen LogP contribution >= 0.6 is 15.9 Å². The molecule has 0 aliphatic carbocycles. The molecule has 0 nitrogen and oxygen atoms in total. The summed E-state index contributed by atoms with van der Waals surface area (Å²) >= 11 is 3.40. The third-order valence-corrected chi connectivity index (χ3v) is 1.79. The summed E-state index contributed by atoms with van der Waals surface area (Å²) < 4.78 is 1.17. The van der Waals surface area contributed by atoms with Crippen molar-refractivity contribution in [3.05, 3.63) is 34.3 Å². The van der Waals surface area contributed by atoms with Crippen LogP contribution in [-0.2, 0) is 6.42 Å². The lowest BCUT2D eigenvalue weighted by atomic mass is 10.2. The van der Waals surface area contributed by atoms with Gasteiger partial charge in [-0.3, -0.25) is 0 Å². The van der Waals surface area contributed by atoms with Crippen LogP contribution in [0.4, 0.5) is 0 Å². The van der Waals surface area contributed by atoms with Crippen molar-refractivity contribution in [3.8, 4) is 12.8 Å². The molecule has 0 saturated carbocycles. The standard InChI is InChI=1S/C8H9Br.C2H2/c1-2-7-4-3-5-8(9)6-7;1-2/h3-6H,2H2,1H3;1-2H. The Morgan fingerprint density at radius 1 is 1.36 bits per heavy atom. The zero-order valence-electron chi connectivity index (χ0n) is 6.55. The molecule has 0 bridgehead atoms. The van der Waals surface area contributed by atoms with Crippen LogP contribution in [0.3, 0.4) is 0 Å². The van der Waals surface area contributed by atoms with Gasteiger partial charge in [-0.15, -0.1) is 12.8 Å². The van der Waals surface area contributed by atoms with Gasteiger partial charge < -0.3 is 0 Å². The first-order valence-corrected chi connectivity index (χ1v) is 4.20. The highest BCUT2D eigenvalue weighted by Crippen LogP contribution is 2.11. The number of benzene rings is 1. The molecule has 0 aliphatic rings. The first kappa shape index (κ1) is 10.3. The molecule has 1 aromatic carbocycles. The van der Waals surface area contributed by atoms with Crippen LogP contribution in [0.1, 0.15) is 12.5 Å². The van der Waals surface area contributed by atoms with Gasteiger partial charge in [0.1, 0.15) is 0 Å². The second kappa shape index (κ2) is 6.00. The van der Waals surface area contributed by atoms with Crippen molar-refractivity contribution >= 4 is 15.9 Å². The minimum atomic E-state index is 1.11. The molecule has 0 saturated heterocycles. The number of aryl methyl sites for hydroxylation is 1. The van der Waals surface area contributed by atoms with E-state index in [4.69, 9.17) is 0 Å². The molecule has 1 heteroatoms. The number of hydrogen-bond donors (Lipinski definition) is 0. The maximum Gasteiger partial charge on any atom is 0.0177 e. The molecule has 0 N–H and O–H groups in total. The fourth-order valence-corrected chi connectivity index (χ4v) is 1.20. The highest BCUT2D eigenvalue weighted by atomic mass is 79.9. The number of halogens is 1. The van der Waals surface area contributed by atoms with Crippen molar-refractivity contribution < 1.29 is 0 Å². The number of hydrogen-bond acceptors (Lipinski definition) is 0. The topological polar surface area (TPSA) is 0 Å². The first-order valence-electron chi connectivity index (χ1n) is 3.40. The minimum Gasteiger partial charge on any atom is -0.124 e. The monoisotopic (exact) mass is 210 g/mol.